The van der Waals surface area contributed by atoms with Gasteiger partial charge in [0, 0.05) is 67.4 Å². The molecule has 0 N–H and O–H groups in total. The monoisotopic (exact) mass is 741 g/mol. The number of hydrogen-bond donors (Lipinski definition) is 0. The van der Waals surface area contributed by atoms with Crippen molar-refractivity contribution in [2.75, 3.05) is 9.80 Å². The van der Waals surface area contributed by atoms with Gasteiger partial charge >= 0.3 is 0 Å². The summed E-state index contributed by atoms with van der Waals surface area (Å²) in [5.74, 6) is 0. The molecular formula is C54H35N3O. The number of hydrogen-bond acceptors (Lipinski definition) is 3. The van der Waals surface area contributed by atoms with Crippen molar-refractivity contribution >= 4 is 77.9 Å². The molecule has 0 atom stereocenters. The van der Waals surface area contributed by atoms with Crippen molar-refractivity contribution in [1.29, 1.82) is 0 Å². The minimum Gasteiger partial charge on any atom is -0.456 e. The number of benzene rings is 9. The molecule has 12 rings (SSSR count). The summed E-state index contributed by atoms with van der Waals surface area (Å²) in [6, 6.07) is 76.7. The number of fused-ring (bicyclic) bond motifs is 16. The number of furan rings is 1. The van der Waals surface area contributed by atoms with Gasteiger partial charge in [0.15, 0.2) is 0 Å². The predicted octanol–water partition coefficient (Wildman–Crippen LogP) is 15.3. The molecule has 8 bridgehead atoms. The van der Waals surface area contributed by atoms with E-state index in [1.54, 1.807) is 0 Å². The van der Waals surface area contributed by atoms with Crippen molar-refractivity contribution in [3.63, 3.8) is 0 Å². The third-order valence-electron chi connectivity index (χ3n) is 11.6. The average Bonchev–Trinajstić information content (AvgIpc) is 3.82. The maximum atomic E-state index is 6.40. The van der Waals surface area contributed by atoms with E-state index in [0.29, 0.717) is 0 Å². The zero-order chi connectivity index (χ0) is 38.2. The highest BCUT2D eigenvalue weighted by atomic mass is 16.3. The van der Waals surface area contributed by atoms with Crippen LogP contribution >= 0.6 is 0 Å². The van der Waals surface area contributed by atoms with Crippen LogP contribution in [0.25, 0.3) is 71.7 Å². The van der Waals surface area contributed by atoms with Crippen molar-refractivity contribution in [3.8, 4) is 27.9 Å². The van der Waals surface area contributed by atoms with E-state index in [0.717, 1.165) is 84.0 Å². The summed E-state index contributed by atoms with van der Waals surface area (Å²) >= 11 is 0. The van der Waals surface area contributed by atoms with Gasteiger partial charge in [0.05, 0.1) is 11.0 Å². The zero-order valence-electron chi connectivity index (χ0n) is 31.5. The molecule has 3 heterocycles. The van der Waals surface area contributed by atoms with Crippen LogP contribution in [0.4, 0.5) is 34.1 Å². The van der Waals surface area contributed by atoms with Gasteiger partial charge in [0.25, 0.3) is 0 Å². The van der Waals surface area contributed by atoms with Gasteiger partial charge in [-0.15, -0.1) is 0 Å². The van der Waals surface area contributed by atoms with Crippen LogP contribution in [0, 0.1) is 0 Å². The quantitative estimate of drug-likeness (QED) is 0.180. The number of rotatable bonds is 3. The second-order valence-electron chi connectivity index (χ2n) is 15.0. The van der Waals surface area contributed by atoms with Gasteiger partial charge in [-0.2, -0.15) is 0 Å². The molecule has 0 saturated heterocycles. The molecule has 4 heteroatoms. The normalized spacial score (nSPS) is 12.4. The van der Waals surface area contributed by atoms with Crippen LogP contribution in [-0.2, 0) is 0 Å². The fourth-order valence-electron chi connectivity index (χ4n) is 9.00. The van der Waals surface area contributed by atoms with Crippen LogP contribution in [-0.4, -0.2) is 4.57 Å². The lowest BCUT2D eigenvalue weighted by atomic mass is 10.00. The molecule has 2 aromatic heterocycles. The van der Waals surface area contributed by atoms with Crippen LogP contribution < -0.4 is 9.80 Å². The first-order valence-electron chi connectivity index (χ1n) is 19.7. The molecule has 0 radical (unpaired) electrons. The van der Waals surface area contributed by atoms with Gasteiger partial charge in [0.1, 0.15) is 11.2 Å². The molecule has 58 heavy (non-hydrogen) atoms. The molecule has 0 unspecified atom stereocenters. The van der Waals surface area contributed by atoms with E-state index in [2.05, 4.69) is 215 Å². The van der Waals surface area contributed by atoms with E-state index in [9.17, 15) is 0 Å². The Morgan fingerprint density at radius 3 is 1.33 bits per heavy atom. The molecule has 0 aliphatic carbocycles. The summed E-state index contributed by atoms with van der Waals surface area (Å²) in [6.45, 7) is 0. The second-order valence-corrected chi connectivity index (χ2v) is 15.0. The van der Waals surface area contributed by atoms with Crippen LogP contribution in [0.1, 0.15) is 0 Å². The molecule has 1 aliphatic rings. The maximum absolute atomic E-state index is 6.40. The van der Waals surface area contributed by atoms with E-state index >= 15 is 0 Å². The Kier molecular flexibility index (Phi) is 7.20. The van der Waals surface area contributed by atoms with Crippen molar-refractivity contribution in [2.45, 2.75) is 0 Å². The molecule has 1 aliphatic heterocycles. The first-order valence-corrected chi connectivity index (χ1v) is 19.7. The summed E-state index contributed by atoms with van der Waals surface area (Å²) in [5, 5.41) is 4.68. The van der Waals surface area contributed by atoms with E-state index < -0.39 is 0 Å². The fourth-order valence-corrected chi connectivity index (χ4v) is 9.00. The molecule has 4 nitrogen and oxygen atoms in total. The van der Waals surface area contributed by atoms with E-state index in [1.165, 1.54) is 21.8 Å². The Balaban J connectivity index is 1.06. The van der Waals surface area contributed by atoms with Gasteiger partial charge in [-0.25, -0.2) is 0 Å². The smallest absolute Gasteiger partial charge is 0.137 e. The van der Waals surface area contributed by atoms with Gasteiger partial charge in [-0.05, 0) is 125 Å². The average molecular weight is 742 g/mol. The number of aromatic nitrogens is 1. The number of anilines is 6. The van der Waals surface area contributed by atoms with Crippen molar-refractivity contribution in [3.05, 3.63) is 212 Å². The van der Waals surface area contributed by atoms with E-state index in [1.807, 2.05) is 12.1 Å². The minimum atomic E-state index is 0.869. The molecule has 0 spiro atoms. The molecule has 0 saturated carbocycles. The molecule has 9 aromatic carbocycles. The van der Waals surface area contributed by atoms with Gasteiger partial charge in [-0.1, -0.05) is 103 Å². The predicted molar refractivity (Wildman–Crippen MR) is 242 cm³/mol. The summed E-state index contributed by atoms with van der Waals surface area (Å²) in [6.07, 6.45) is 0. The van der Waals surface area contributed by atoms with Crippen LogP contribution in [0.3, 0.4) is 0 Å². The summed E-state index contributed by atoms with van der Waals surface area (Å²) in [4.78, 5) is 4.74. The topological polar surface area (TPSA) is 24.6 Å². The highest BCUT2D eigenvalue weighted by Gasteiger charge is 2.21. The molecule has 0 amide bonds. The Hall–Kier alpha value is -7.82. The van der Waals surface area contributed by atoms with Crippen LogP contribution in [0.15, 0.2) is 217 Å². The first kappa shape index (κ1) is 32.4. The first-order chi connectivity index (χ1) is 28.7. The lowest BCUT2D eigenvalue weighted by Gasteiger charge is -2.28. The standard InChI is InChI=1S/C54H35N3O/c1-2-16-40(17-3-1)57-51-24-6-4-22-47(51)50-34-45(27-29-52(50)57)55-41-18-8-12-36(30-41)38-14-10-20-43(32-38)56(44-21-11-15-39(33-44)37-13-9-19-42(55)31-37)46-26-28-49-48-23-5-7-25-53(48)58-54(49)35-46/h1-35H. The Labute approximate surface area is 335 Å². The van der Waals surface area contributed by atoms with Crippen LogP contribution in [0.2, 0.25) is 0 Å². The number of nitrogens with zero attached hydrogens (tertiary/aromatic N) is 3. The minimum absolute atomic E-state index is 0.869. The third-order valence-corrected chi connectivity index (χ3v) is 11.6. The fraction of sp³-hybridized carbons (Fsp3) is 0. The van der Waals surface area contributed by atoms with Crippen LogP contribution in [0.5, 0.6) is 0 Å². The zero-order valence-corrected chi connectivity index (χ0v) is 31.5. The lowest BCUT2D eigenvalue weighted by Crippen LogP contribution is -2.11. The third kappa shape index (κ3) is 5.16. The van der Waals surface area contributed by atoms with Gasteiger partial charge < -0.3 is 18.8 Å². The SMILES string of the molecule is c1ccc(-n2c3ccccc3c3cc(N4c5cccc(c5)-c5cccc(c5)N(c5ccc6c(c5)oc5ccccc56)c5cccc(c5)-c5cccc4c5)ccc32)cc1. The lowest BCUT2D eigenvalue weighted by molar-refractivity contribution is 0.669. The van der Waals surface area contributed by atoms with Crippen molar-refractivity contribution in [1.82, 2.24) is 4.57 Å². The van der Waals surface area contributed by atoms with Gasteiger partial charge in [-0.3, -0.25) is 0 Å². The summed E-state index contributed by atoms with van der Waals surface area (Å²) in [7, 11) is 0. The van der Waals surface area contributed by atoms with Gasteiger partial charge in [0.2, 0.25) is 0 Å². The van der Waals surface area contributed by atoms with E-state index in [-0.39, 0.29) is 0 Å². The summed E-state index contributed by atoms with van der Waals surface area (Å²) < 4.78 is 8.77. The molecular weight excluding hydrogens is 707 g/mol. The molecule has 272 valence electrons. The molecule has 0 fully saturated rings. The highest BCUT2D eigenvalue weighted by molar-refractivity contribution is 6.11. The summed E-state index contributed by atoms with van der Waals surface area (Å²) in [5.41, 5.74) is 16.3. The van der Waals surface area contributed by atoms with Crippen molar-refractivity contribution < 1.29 is 4.42 Å². The molecule has 11 aromatic rings. The Bertz CT molecular complexity index is 3280. The van der Waals surface area contributed by atoms with E-state index in [4.69, 9.17) is 4.42 Å². The number of para-hydroxylation sites is 3. The maximum Gasteiger partial charge on any atom is 0.137 e. The van der Waals surface area contributed by atoms with Crippen molar-refractivity contribution in [2.24, 2.45) is 0 Å². The second kappa shape index (κ2) is 12.9. The highest BCUT2D eigenvalue weighted by Crippen LogP contribution is 2.45. The Morgan fingerprint density at radius 2 is 0.707 bits per heavy atom. The largest absolute Gasteiger partial charge is 0.456 e. The Morgan fingerprint density at radius 1 is 0.259 bits per heavy atom.